The molecule has 0 atom stereocenters. The van der Waals surface area contributed by atoms with Crippen LogP contribution in [0.4, 0.5) is 0 Å². The van der Waals surface area contributed by atoms with E-state index in [9.17, 15) is 0 Å². The van der Waals surface area contributed by atoms with Crippen LogP contribution >= 0.6 is 11.6 Å². The quantitative estimate of drug-likeness (QED) is 0.549. The van der Waals surface area contributed by atoms with Gasteiger partial charge in [0.1, 0.15) is 6.33 Å². The van der Waals surface area contributed by atoms with Crippen molar-refractivity contribution in [3.8, 4) is 22.6 Å². The number of hydrogen-bond acceptors (Lipinski definition) is 4. The molecule has 0 aliphatic carbocycles. The van der Waals surface area contributed by atoms with Crippen molar-refractivity contribution in [3.05, 3.63) is 72.3 Å². The lowest BCUT2D eigenvalue weighted by molar-refractivity contribution is 1.21. The molecule has 0 N–H and O–H groups in total. The van der Waals surface area contributed by atoms with Gasteiger partial charge in [0.15, 0.2) is 0 Å². The summed E-state index contributed by atoms with van der Waals surface area (Å²) >= 11 is 6.04. The van der Waals surface area contributed by atoms with E-state index in [1.54, 1.807) is 30.9 Å². The average Bonchev–Trinajstić information content (AvgIpc) is 2.61. The molecular weight excluding hydrogens is 308 g/mol. The highest BCUT2D eigenvalue weighted by atomic mass is 35.5. The van der Waals surface area contributed by atoms with Gasteiger partial charge in [-0.2, -0.15) is 0 Å². The predicted molar refractivity (Wildman–Crippen MR) is 91.0 cm³/mol. The number of rotatable bonds is 2. The second kappa shape index (κ2) is 5.74. The van der Waals surface area contributed by atoms with E-state index in [1.807, 2.05) is 36.4 Å². The van der Waals surface area contributed by atoms with Gasteiger partial charge in [-0.1, -0.05) is 29.8 Å². The third-order valence-electron chi connectivity index (χ3n) is 3.56. The van der Waals surface area contributed by atoms with Gasteiger partial charge in [-0.15, -0.1) is 0 Å². The van der Waals surface area contributed by atoms with Crippen molar-refractivity contribution in [3.63, 3.8) is 0 Å². The number of fused-ring (bicyclic) bond motifs is 1. The van der Waals surface area contributed by atoms with Crippen LogP contribution in [0.2, 0.25) is 5.02 Å². The maximum atomic E-state index is 6.04. The third kappa shape index (κ3) is 2.64. The second-order valence-corrected chi connectivity index (χ2v) is 5.46. The number of para-hydroxylation sites is 1. The van der Waals surface area contributed by atoms with E-state index in [1.165, 1.54) is 0 Å². The van der Waals surface area contributed by atoms with Gasteiger partial charge in [0, 0.05) is 28.4 Å². The van der Waals surface area contributed by atoms with Crippen molar-refractivity contribution in [1.29, 1.82) is 0 Å². The number of aromatic nitrogens is 4. The number of nitrogens with zero attached hydrogens (tertiary/aromatic N) is 4. The van der Waals surface area contributed by atoms with Crippen molar-refractivity contribution in [2.45, 2.75) is 0 Å². The third-order valence-corrected chi connectivity index (χ3v) is 3.80. The topological polar surface area (TPSA) is 51.6 Å². The average molecular weight is 319 g/mol. The Morgan fingerprint density at radius 2 is 1.52 bits per heavy atom. The zero-order chi connectivity index (χ0) is 15.6. The van der Waals surface area contributed by atoms with Crippen LogP contribution < -0.4 is 0 Å². The van der Waals surface area contributed by atoms with E-state index in [-0.39, 0.29) is 0 Å². The minimum Gasteiger partial charge on any atom is -0.255 e. The predicted octanol–water partition coefficient (Wildman–Crippen LogP) is 4.41. The van der Waals surface area contributed by atoms with Gasteiger partial charge in [-0.25, -0.2) is 9.97 Å². The first-order valence-corrected chi connectivity index (χ1v) is 7.47. The van der Waals surface area contributed by atoms with Crippen LogP contribution in [0.25, 0.3) is 33.5 Å². The van der Waals surface area contributed by atoms with Crippen molar-refractivity contribution >= 4 is 22.5 Å². The first-order valence-electron chi connectivity index (χ1n) is 7.09. The van der Waals surface area contributed by atoms with Crippen LogP contribution in [0.5, 0.6) is 0 Å². The fourth-order valence-electron chi connectivity index (χ4n) is 2.50. The van der Waals surface area contributed by atoms with Gasteiger partial charge >= 0.3 is 0 Å². The highest BCUT2D eigenvalue weighted by molar-refractivity contribution is 6.30. The van der Waals surface area contributed by atoms with Crippen LogP contribution in [0.15, 0.2) is 67.3 Å². The highest BCUT2D eigenvalue weighted by Gasteiger charge is 2.09. The van der Waals surface area contributed by atoms with Gasteiger partial charge < -0.3 is 0 Å². The molecule has 23 heavy (non-hydrogen) atoms. The molecule has 1 aromatic carbocycles. The van der Waals surface area contributed by atoms with Crippen LogP contribution in [-0.2, 0) is 0 Å². The standard InChI is InChI=1S/C18H11ClN4/c19-13-6-8-21-17(10-13)16-9-12(5-7-20-16)18-14-3-1-2-4-15(14)22-11-23-18/h1-11H. The molecule has 0 bridgehead atoms. The van der Waals surface area contributed by atoms with Crippen molar-refractivity contribution in [2.24, 2.45) is 0 Å². The molecule has 4 rings (SSSR count). The van der Waals surface area contributed by atoms with Gasteiger partial charge in [0.25, 0.3) is 0 Å². The van der Waals surface area contributed by atoms with Gasteiger partial charge in [-0.05, 0) is 30.3 Å². The number of hydrogen-bond donors (Lipinski definition) is 0. The summed E-state index contributed by atoms with van der Waals surface area (Å²) in [5.41, 5.74) is 4.25. The minimum absolute atomic E-state index is 0.634. The second-order valence-electron chi connectivity index (χ2n) is 5.03. The summed E-state index contributed by atoms with van der Waals surface area (Å²) in [5.74, 6) is 0. The monoisotopic (exact) mass is 318 g/mol. The molecular formula is C18H11ClN4. The molecule has 5 heteroatoms. The van der Waals surface area contributed by atoms with Crippen molar-refractivity contribution in [1.82, 2.24) is 19.9 Å². The minimum atomic E-state index is 0.634. The first kappa shape index (κ1) is 13.8. The maximum absolute atomic E-state index is 6.04. The van der Waals surface area contributed by atoms with E-state index in [4.69, 9.17) is 11.6 Å². The zero-order valence-corrected chi connectivity index (χ0v) is 12.8. The molecule has 0 saturated heterocycles. The molecule has 0 saturated carbocycles. The molecule has 0 aliphatic rings. The number of benzene rings is 1. The zero-order valence-electron chi connectivity index (χ0n) is 12.0. The van der Waals surface area contributed by atoms with E-state index in [2.05, 4.69) is 19.9 Å². The van der Waals surface area contributed by atoms with E-state index >= 15 is 0 Å². The molecule has 4 nitrogen and oxygen atoms in total. The van der Waals surface area contributed by atoms with Gasteiger partial charge in [0.2, 0.25) is 0 Å². The maximum Gasteiger partial charge on any atom is 0.116 e. The molecule has 0 radical (unpaired) electrons. The summed E-state index contributed by atoms with van der Waals surface area (Å²) in [7, 11) is 0. The van der Waals surface area contributed by atoms with Crippen LogP contribution in [-0.4, -0.2) is 19.9 Å². The summed E-state index contributed by atoms with van der Waals surface area (Å²) < 4.78 is 0. The summed E-state index contributed by atoms with van der Waals surface area (Å²) in [6, 6.07) is 15.4. The SMILES string of the molecule is Clc1ccnc(-c2cc(-c3ncnc4ccccc34)ccn2)c1. The summed E-state index contributed by atoms with van der Waals surface area (Å²) in [4.78, 5) is 17.5. The van der Waals surface area contributed by atoms with E-state index < -0.39 is 0 Å². The Morgan fingerprint density at radius 1 is 0.739 bits per heavy atom. The van der Waals surface area contributed by atoms with Crippen LogP contribution in [0.3, 0.4) is 0 Å². The normalized spacial score (nSPS) is 10.8. The lowest BCUT2D eigenvalue weighted by Gasteiger charge is -2.07. The summed E-state index contributed by atoms with van der Waals surface area (Å²) in [5, 5.41) is 1.64. The Kier molecular flexibility index (Phi) is 3.44. The van der Waals surface area contributed by atoms with Crippen molar-refractivity contribution in [2.75, 3.05) is 0 Å². The van der Waals surface area contributed by atoms with E-state index in [0.29, 0.717) is 5.02 Å². The highest BCUT2D eigenvalue weighted by Crippen LogP contribution is 2.27. The van der Waals surface area contributed by atoms with Crippen LogP contribution in [0.1, 0.15) is 0 Å². The Labute approximate surface area is 137 Å². The van der Waals surface area contributed by atoms with E-state index in [0.717, 1.165) is 33.5 Å². The van der Waals surface area contributed by atoms with Gasteiger partial charge in [0.05, 0.1) is 22.6 Å². The molecule has 3 aromatic heterocycles. The largest absolute Gasteiger partial charge is 0.255 e. The Balaban J connectivity index is 1.88. The molecule has 4 aromatic rings. The lowest BCUT2D eigenvalue weighted by Crippen LogP contribution is -1.91. The molecule has 0 aliphatic heterocycles. The fraction of sp³-hybridized carbons (Fsp3) is 0. The molecule has 0 amide bonds. The molecule has 0 fully saturated rings. The number of halogens is 1. The molecule has 0 spiro atoms. The Bertz CT molecular complexity index is 995. The first-order chi connectivity index (χ1) is 11.3. The summed E-state index contributed by atoms with van der Waals surface area (Å²) in [6.07, 6.45) is 5.01. The molecule has 110 valence electrons. The Morgan fingerprint density at radius 3 is 2.39 bits per heavy atom. The van der Waals surface area contributed by atoms with Gasteiger partial charge in [-0.3, -0.25) is 9.97 Å². The Hall–Kier alpha value is -2.85. The smallest absolute Gasteiger partial charge is 0.116 e. The summed E-state index contributed by atoms with van der Waals surface area (Å²) in [6.45, 7) is 0. The van der Waals surface area contributed by atoms with Crippen molar-refractivity contribution < 1.29 is 0 Å². The molecule has 3 heterocycles. The molecule has 0 unspecified atom stereocenters. The lowest BCUT2D eigenvalue weighted by atomic mass is 10.1. The fourth-order valence-corrected chi connectivity index (χ4v) is 2.66. The number of pyridine rings is 2. The van der Waals surface area contributed by atoms with Crippen LogP contribution in [0, 0.1) is 0 Å².